The number of ether oxygens (including phenoxy) is 2. The zero-order valence-corrected chi connectivity index (χ0v) is 20.9. The number of fused-ring (bicyclic) bond motifs is 7. The Morgan fingerprint density at radius 3 is 1.56 bits per heavy atom. The normalized spacial score (nSPS) is 13.0. The summed E-state index contributed by atoms with van der Waals surface area (Å²) in [6, 6.07) is 42.5. The van der Waals surface area contributed by atoms with E-state index in [0.29, 0.717) is 0 Å². The second-order valence-corrected chi connectivity index (χ2v) is 10.4. The van der Waals surface area contributed by atoms with E-state index in [2.05, 4.69) is 103 Å². The lowest BCUT2D eigenvalue weighted by molar-refractivity contribution is 0.465. The van der Waals surface area contributed by atoms with Crippen LogP contribution in [-0.4, -0.2) is 11.7 Å². The van der Waals surface area contributed by atoms with Crippen LogP contribution in [0.25, 0.3) is 43.7 Å². The highest BCUT2D eigenvalue weighted by Crippen LogP contribution is 2.39. The van der Waals surface area contributed by atoms with Crippen LogP contribution in [0.4, 0.5) is 0 Å². The molecule has 0 radical (unpaired) electrons. The molecule has 1 aromatic heterocycles. The van der Waals surface area contributed by atoms with E-state index >= 15 is 0 Å². The van der Waals surface area contributed by atoms with Crippen molar-refractivity contribution in [1.82, 2.24) is 4.98 Å². The van der Waals surface area contributed by atoms with Gasteiger partial charge < -0.3 is 9.47 Å². The Kier molecular flexibility index (Phi) is 4.14. The molecule has 180 valence electrons. The minimum Gasteiger partial charge on any atom is -0.458 e. The number of rotatable bonds is 1. The minimum absolute atomic E-state index is 0.00956. The third kappa shape index (κ3) is 3.09. The number of aromatic nitrogens is 1. The Morgan fingerprint density at radius 1 is 0.462 bits per heavy atom. The van der Waals surface area contributed by atoms with Gasteiger partial charge in [0.05, 0.1) is 11.2 Å². The van der Waals surface area contributed by atoms with Crippen LogP contribution in [0.3, 0.4) is 0 Å². The molecule has 0 atom stereocenters. The largest absolute Gasteiger partial charge is 0.458 e. The van der Waals surface area contributed by atoms with E-state index < -0.39 is 0 Å². The predicted octanol–water partition coefficient (Wildman–Crippen LogP) is 6.94. The van der Waals surface area contributed by atoms with Crippen LogP contribution in [-0.2, 0) is 0 Å². The number of pyridine rings is 1. The van der Waals surface area contributed by atoms with Gasteiger partial charge >= 0.3 is 0 Å². The van der Waals surface area contributed by atoms with Crippen LogP contribution in [0.5, 0.6) is 23.0 Å². The smallest absolute Gasteiger partial charge is 0.260 e. The van der Waals surface area contributed by atoms with Crippen LogP contribution >= 0.6 is 0 Å². The summed E-state index contributed by atoms with van der Waals surface area (Å²) in [6.45, 7) is 0.00956. The van der Waals surface area contributed by atoms with Crippen molar-refractivity contribution in [3.05, 3.63) is 121 Å². The van der Waals surface area contributed by atoms with Crippen molar-refractivity contribution in [2.75, 3.05) is 0 Å². The molecule has 39 heavy (non-hydrogen) atoms. The fourth-order valence-corrected chi connectivity index (χ4v) is 6.25. The van der Waals surface area contributed by atoms with Gasteiger partial charge in [-0.05, 0) is 68.9 Å². The maximum absolute atomic E-state index is 6.68. The Labute approximate surface area is 225 Å². The Morgan fingerprint density at radius 2 is 0.974 bits per heavy atom. The molecule has 0 amide bonds. The SMILES string of the molecule is c1ccc2cc3c(cc2c1)Oc1cc(-c2ccc4ccccc4n2)cc2c1B3c1cc3ccccc3cc1O2. The Bertz CT molecular complexity index is 2040. The second kappa shape index (κ2) is 7.72. The lowest BCUT2D eigenvalue weighted by Gasteiger charge is -2.33. The monoisotopic (exact) mass is 497 g/mol. The van der Waals surface area contributed by atoms with Crippen molar-refractivity contribution >= 4 is 55.5 Å². The average molecular weight is 497 g/mol. The topological polar surface area (TPSA) is 31.4 Å². The summed E-state index contributed by atoms with van der Waals surface area (Å²) < 4.78 is 13.4. The first kappa shape index (κ1) is 20.9. The molecule has 0 unspecified atom stereocenters. The molecule has 0 aliphatic carbocycles. The van der Waals surface area contributed by atoms with E-state index in [9.17, 15) is 0 Å². The maximum Gasteiger partial charge on any atom is 0.260 e. The summed E-state index contributed by atoms with van der Waals surface area (Å²) in [5, 5.41) is 5.86. The van der Waals surface area contributed by atoms with Crippen molar-refractivity contribution in [2.45, 2.75) is 0 Å². The van der Waals surface area contributed by atoms with Crippen LogP contribution in [0, 0.1) is 0 Å². The number of nitrogens with zero attached hydrogens (tertiary/aromatic N) is 1. The standard InChI is InChI=1S/C35H20BNO2/c1-3-10-24-17-31-27(15-22(24)8-1)36-28-16-23-9-2-4-11-25(23)18-32(28)39-34-20-26(19-33(38-31)35(34)36)30-14-13-21-7-5-6-12-29(21)37-30/h1-20H. The predicted molar refractivity (Wildman–Crippen MR) is 160 cm³/mol. The summed E-state index contributed by atoms with van der Waals surface area (Å²) in [4.78, 5) is 4.97. The molecule has 9 rings (SSSR count). The highest BCUT2D eigenvalue weighted by molar-refractivity contribution is 6.98. The molecule has 2 aliphatic heterocycles. The molecule has 3 nitrogen and oxygen atoms in total. The summed E-state index contributed by atoms with van der Waals surface area (Å²) >= 11 is 0. The van der Waals surface area contributed by atoms with Gasteiger partial charge in [0.1, 0.15) is 23.0 Å². The van der Waals surface area contributed by atoms with Gasteiger partial charge in [0.15, 0.2) is 0 Å². The van der Waals surface area contributed by atoms with Crippen molar-refractivity contribution in [3.63, 3.8) is 0 Å². The quantitative estimate of drug-likeness (QED) is 0.231. The van der Waals surface area contributed by atoms with Gasteiger partial charge in [0, 0.05) is 16.4 Å². The van der Waals surface area contributed by atoms with E-state index in [1.54, 1.807) is 0 Å². The lowest BCUT2D eigenvalue weighted by Crippen LogP contribution is -2.57. The van der Waals surface area contributed by atoms with E-state index in [1.807, 2.05) is 18.2 Å². The summed E-state index contributed by atoms with van der Waals surface area (Å²) in [5.41, 5.74) is 6.24. The molecule has 0 saturated heterocycles. The zero-order valence-electron chi connectivity index (χ0n) is 20.9. The fraction of sp³-hybridized carbons (Fsp3) is 0. The zero-order chi connectivity index (χ0) is 25.5. The average Bonchev–Trinajstić information content (AvgIpc) is 2.98. The molecule has 6 aromatic carbocycles. The maximum atomic E-state index is 6.68. The van der Waals surface area contributed by atoms with Gasteiger partial charge in [-0.1, -0.05) is 84.9 Å². The van der Waals surface area contributed by atoms with Crippen molar-refractivity contribution in [1.29, 1.82) is 0 Å². The van der Waals surface area contributed by atoms with Crippen LogP contribution in [0.15, 0.2) is 121 Å². The lowest BCUT2D eigenvalue weighted by atomic mass is 9.34. The first-order chi connectivity index (χ1) is 19.3. The molecule has 0 N–H and O–H groups in total. The van der Waals surface area contributed by atoms with Crippen molar-refractivity contribution in [3.8, 4) is 34.3 Å². The number of para-hydroxylation sites is 1. The molecule has 7 aromatic rings. The molecule has 0 bridgehead atoms. The highest BCUT2D eigenvalue weighted by atomic mass is 16.5. The van der Waals surface area contributed by atoms with Crippen LogP contribution < -0.4 is 25.9 Å². The van der Waals surface area contributed by atoms with Gasteiger partial charge in [0.2, 0.25) is 0 Å². The molecule has 0 saturated carbocycles. The van der Waals surface area contributed by atoms with E-state index in [0.717, 1.165) is 61.4 Å². The minimum atomic E-state index is 0.00956. The Hall–Kier alpha value is -5.09. The van der Waals surface area contributed by atoms with Crippen LogP contribution in [0.2, 0.25) is 0 Å². The second-order valence-electron chi connectivity index (χ2n) is 10.4. The number of hydrogen-bond donors (Lipinski definition) is 0. The van der Waals surface area contributed by atoms with Gasteiger partial charge in [-0.25, -0.2) is 4.98 Å². The van der Waals surface area contributed by atoms with Crippen molar-refractivity contribution < 1.29 is 9.47 Å². The molecular formula is C35H20BNO2. The molecule has 4 heteroatoms. The number of benzene rings is 6. The number of hydrogen-bond acceptors (Lipinski definition) is 3. The van der Waals surface area contributed by atoms with Crippen molar-refractivity contribution in [2.24, 2.45) is 0 Å². The molecule has 3 heterocycles. The first-order valence-corrected chi connectivity index (χ1v) is 13.2. The summed E-state index contributed by atoms with van der Waals surface area (Å²) in [7, 11) is 0. The van der Waals surface area contributed by atoms with Gasteiger partial charge in [-0.3, -0.25) is 0 Å². The van der Waals surface area contributed by atoms with Crippen LogP contribution in [0.1, 0.15) is 0 Å². The van der Waals surface area contributed by atoms with Gasteiger partial charge in [-0.2, -0.15) is 0 Å². The Balaban J connectivity index is 1.32. The third-order valence-corrected chi connectivity index (χ3v) is 8.11. The van der Waals surface area contributed by atoms with E-state index in [4.69, 9.17) is 14.5 Å². The van der Waals surface area contributed by atoms with E-state index in [1.165, 1.54) is 21.7 Å². The van der Waals surface area contributed by atoms with Gasteiger partial charge in [0.25, 0.3) is 6.71 Å². The molecule has 0 spiro atoms. The van der Waals surface area contributed by atoms with Gasteiger partial charge in [-0.15, -0.1) is 0 Å². The van der Waals surface area contributed by atoms with E-state index in [-0.39, 0.29) is 6.71 Å². The molecule has 2 aliphatic rings. The summed E-state index contributed by atoms with van der Waals surface area (Å²) in [5.74, 6) is 3.43. The molecule has 0 fully saturated rings. The third-order valence-electron chi connectivity index (χ3n) is 8.11. The summed E-state index contributed by atoms with van der Waals surface area (Å²) in [6.07, 6.45) is 0. The first-order valence-electron chi connectivity index (χ1n) is 13.2. The molecular weight excluding hydrogens is 477 g/mol. The fourth-order valence-electron chi connectivity index (χ4n) is 6.25. The highest BCUT2D eigenvalue weighted by Gasteiger charge is 2.41.